The van der Waals surface area contributed by atoms with Crippen molar-refractivity contribution in [3.8, 4) is 23.0 Å². The van der Waals surface area contributed by atoms with Gasteiger partial charge >= 0.3 is 0 Å². The molecule has 158 valence electrons. The number of nitrogens with one attached hydrogen (secondary N) is 2. The first-order valence-corrected chi connectivity index (χ1v) is 9.44. The monoisotopic (exact) mass is 406 g/mol. The Balaban J connectivity index is 1.63. The lowest BCUT2D eigenvalue weighted by atomic mass is 10.3. The zero-order valence-electron chi connectivity index (χ0n) is 16.1. The molecular weight excluding hydrogens is 380 g/mol. The third-order valence-electron chi connectivity index (χ3n) is 3.75. The minimum Gasteiger partial charge on any atom is -0.487 e. The minimum absolute atomic E-state index is 0.336. The van der Waals surface area contributed by atoms with Gasteiger partial charge in [-0.3, -0.25) is 4.84 Å². The highest BCUT2D eigenvalue weighted by molar-refractivity contribution is 5.47. The highest BCUT2D eigenvalue weighted by Crippen LogP contribution is 2.35. The van der Waals surface area contributed by atoms with Crippen LogP contribution < -0.4 is 25.5 Å². The van der Waals surface area contributed by atoms with E-state index in [0.29, 0.717) is 75.9 Å². The Morgan fingerprint density at radius 2 is 1.03 bits per heavy atom. The SMILES string of the molecule is c1ccc2c(c1)OCCOCCOCCOCCONNOc1ccccc1O2. The number of hydrazine groups is 1. The van der Waals surface area contributed by atoms with Crippen molar-refractivity contribution >= 4 is 0 Å². The third kappa shape index (κ3) is 7.86. The predicted octanol–water partition coefficient (Wildman–Crippen LogP) is 2.24. The van der Waals surface area contributed by atoms with Crippen LogP contribution in [0.5, 0.6) is 23.0 Å². The molecule has 0 saturated heterocycles. The molecule has 0 fully saturated rings. The lowest BCUT2D eigenvalue weighted by molar-refractivity contribution is -0.0804. The molecule has 1 heterocycles. The summed E-state index contributed by atoms with van der Waals surface area (Å²) in [6.07, 6.45) is 0. The van der Waals surface area contributed by atoms with Crippen LogP contribution in [0.4, 0.5) is 0 Å². The third-order valence-corrected chi connectivity index (χ3v) is 3.75. The van der Waals surface area contributed by atoms with E-state index in [4.69, 9.17) is 33.4 Å². The van der Waals surface area contributed by atoms with Crippen molar-refractivity contribution in [3.63, 3.8) is 0 Å². The van der Waals surface area contributed by atoms with E-state index in [1.54, 1.807) is 12.1 Å². The number of hydrogen-bond acceptors (Lipinski definition) is 9. The van der Waals surface area contributed by atoms with Gasteiger partial charge in [0.15, 0.2) is 23.0 Å². The Labute approximate surface area is 169 Å². The summed E-state index contributed by atoms with van der Waals surface area (Å²) in [4.78, 5) is 10.6. The molecule has 2 aromatic carbocycles. The molecular formula is C20H26N2O7. The Bertz CT molecular complexity index is 657. The molecule has 9 nitrogen and oxygen atoms in total. The maximum Gasteiger partial charge on any atom is 0.191 e. The highest BCUT2D eigenvalue weighted by Gasteiger charge is 2.10. The first-order chi connectivity index (χ1) is 14.4. The number of fused-ring (bicyclic) bond motifs is 2. The highest BCUT2D eigenvalue weighted by atomic mass is 16.8. The molecule has 0 aliphatic carbocycles. The van der Waals surface area contributed by atoms with E-state index in [0.717, 1.165) is 0 Å². The van der Waals surface area contributed by atoms with E-state index in [2.05, 4.69) is 11.2 Å². The molecule has 2 N–H and O–H groups in total. The summed E-state index contributed by atoms with van der Waals surface area (Å²) >= 11 is 0. The fraction of sp³-hybridized carbons (Fsp3) is 0.400. The van der Waals surface area contributed by atoms with Crippen LogP contribution in [-0.4, -0.2) is 52.9 Å². The average Bonchev–Trinajstić information content (AvgIpc) is 2.75. The second-order valence-corrected chi connectivity index (χ2v) is 5.84. The van der Waals surface area contributed by atoms with E-state index in [1.807, 2.05) is 36.4 Å². The molecule has 9 heteroatoms. The lowest BCUT2D eigenvalue weighted by Gasteiger charge is -2.15. The second-order valence-electron chi connectivity index (χ2n) is 5.84. The van der Waals surface area contributed by atoms with Gasteiger partial charge in [-0.05, 0) is 24.3 Å². The summed E-state index contributed by atoms with van der Waals surface area (Å²) in [6.45, 7) is 3.56. The van der Waals surface area contributed by atoms with Gasteiger partial charge in [0.1, 0.15) is 6.61 Å². The van der Waals surface area contributed by atoms with Crippen LogP contribution in [0.15, 0.2) is 48.5 Å². The van der Waals surface area contributed by atoms with E-state index >= 15 is 0 Å². The quantitative estimate of drug-likeness (QED) is 0.684. The van der Waals surface area contributed by atoms with E-state index in [1.165, 1.54) is 0 Å². The number of hydrogen-bond donors (Lipinski definition) is 2. The predicted molar refractivity (Wildman–Crippen MR) is 104 cm³/mol. The van der Waals surface area contributed by atoms with Gasteiger partial charge in [0, 0.05) is 0 Å². The van der Waals surface area contributed by atoms with Gasteiger partial charge < -0.3 is 28.5 Å². The number of rotatable bonds is 0. The summed E-state index contributed by atoms with van der Waals surface area (Å²) in [5.74, 6) is 2.17. The Kier molecular flexibility index (Phi) is 9.51. The molecule has 1 aliphatic rings. The van der Waals surface area contributed by atoms with E-state index < -0.39 is 0 Å². The molecule has 2 aromatic rings. The van der Waals surface area contributed by atoms with Crippen LogP contribution >= 0.6 is 0 Å². The van der Waals surface area contributed by atoms with E-state index in [-0.39, 0.29) is 0 Å². The maximum atomic E-state index is 6.00. The van der Waals surface area contributed by atoms with Crippen molar-refractivity contribution in [2.45, 2.75) is 0 Å². The van der Waals surface area contributed by atoms with Gasteiger partial charge in [0.25, 0.3) is 0 Å². The van der Waals surface area contributed by atoms with E-state index in [9.17, 15) is 0 Å². The standard InChI is InChI=1S/C20H26N2O7/c1-2-6-18-17(5-1)26-15-13-24-11-9-23-10-12-25-14-16-27-21-22-29-20-8-4-3-7-19(20)28-18/h1-8,21-22H,9-16H2. The van der Waals surface area contributed by atoms with Crippen LogP contribution in [0, 0.1) is 0 Å². The first-order valence-electron chi connectivity index (χ1n) is 9.44. The van der Waals surface area contributed by atoms with Crippen LogP contribution in [0.1, 0.15) is 0 Å². The smallest absolute Gasteiger partial charge is 0.191 e. The summed E-state index contributed by atoms with van der Waals surface area (Å²) in [7, 11) is 0. The Hall–Kier alpha value is -2.40. The molecule has 0 atom stereocenters. The van der Waals surface area contributed by atoms with Crippen LogP contribution in [0.25, 0.3) is 0 Å². The van der Waals surface area contributed by atoms with Crippen molar-refractivity contribution in [1.29, 1.82) is 0 Å². The zero-order valence-corrected chi connectivity index (χ0v) is 16.1. The average molecular weight is 406 g/mol. The van der Waals surface area contributed by atoms with Gasteiger partial charge in [-0.1, -0.05) is 29.9 Å². The zero-order chi connectivity index (χ0) is 20.0. The van der Waals surface area contributed by atoms with Crippen molar-refractivity contribution in [3.05, 3.63) is 48.5 Å². The fourth-order valence-electron chi connectivity index (χ4n) is 2.40. The van der Waals surface area contributed by atoms with Gasteiger partial charge in [0.05, 0.1) is 46.2 Å². The molecule has 1 aliphatic heterocycles. The number of ether oxygens (including phenoxy) is 5. The summed E-state index contributed by atoms with van der Waals surface area (Å²) in [5.41, 5.74) is 5.01. The van der Waals surface area contributed by atoms with Gasteiger partial charge in [-0.25, -0.2) is 0 Å². The molecule has 29 heavy (non-hydrogen) atoms. The normalized spacial score (nSPS) is 17.9. The molecule has 0 unspecified atom stereocenters. The van der Waals surface area contributed by atoms with Gasteiger partial charge in [0.2, 0.25) is 0 Å². The van der Waals surface area contributed by atoms with Crippen molar-refractivity contribution in [2.75, 3.05) is 52.9 Å². The Morgan fingerprint density at radius 3 is 1.72 bits per heavy atom. The fourth-order valence-corrected chi connectivity index (χ4v) is 2.40. The lowest BCUT2D eigenvalue weighted by Crippen LogP contribution is -2.35. The topological polar surface area (TPSA) is 88.7 Å². The molecule has 0 spiro atoms. The Morgan fingerprint density at radius 1 is 0.517 bits per heavy atom. The maximum absolute atomic E-state index is 6.00. The number of benzene rings is 2. The molecule has 3 rings (SSSR count). The summed E-state index contributed by atoms with van der Waals surface area (Å²) < 4.78 is 28.1. The van der Waals surface area contributed by atoms with Crippen molar-refractivity contribution in [1.82, 2.24) is 11.2 Å². The molecule has 0 saturated carbocycles. The van der Waals surface area contributed by atoms with Gasteiger partial charge in [-0.15, -0.1) is 5.59 Å². The second kappa shape index (κ2) is 12.9. The molecule has 0 amide bonds. The van der Waals surface area contributed by atoms with Crippen LogP contribution in [0.3, 0.4) is 0 Å². The van der Waals surface area contributed by atoms with Crippen LogP contribution in [0.2, 0.25) is 0 Å². The summed E-state index contributed by atoms with van der Waals surface area (Å²) in [6, 6.07) is 14.7. The van der Waals surface area contributed by atoms with Crippen LogP contribution in [-0.2, 0) is 19.0 Å². The minimum atomic E-state index is 0.336. The van der Waals surface area contributed by atoms with Gasteiger partial charge in [-0.2, -0.15) is 0 Å². The van der Waals surface area contributed by atoms with Crippen molar-refractivity contribution < 1.29 is 33.4 Å². The molecule has 0 aromatic heterocycles. The number of para-hydroxylation sites is 4. The summed E-state index contributed by atoms with van der Waals surface area (Å²) in [5, 5.41) is 0. The molecule has 0 bridgehead atoms. The molecule has 0 radical (unpaired) electrons. The van der Waals surface area contributed by atoms with Crippen molar-refractivity contribution in [2.24, 2.45) is 0 Å². The first kappa shape index (κ1) is 21.3. The largest absolute Gasteiger partial charge is 0.487 e.